The average molecular weight is 350 g/mol. The van der Waals surface area contributed by atoms with Crippen molar-refractivity contribution in [3.8, 4) is 17.0 Å². The average Bonchev–Trinajstić information content (AvgIpc) is 2.74. The van der Waals surface area contributed by atoms with Crippen LogP contribution in [0.2, 0.25) is 0 Å². The van der Waals surface area contributed by atoms with E-state index in [4.69, 9.17) is 0 Å². The second kappa shape index (κ2) is 5.62. The Morgan fingerprint density at radius 1 is 1.08 bits per heavy atom. The predicted molar refractivity (Wildman–Crippen MR) is 96.0 cm³/mol. The number of rotatable bonds is 2. The molecule has 24 heavy (non-hydrogen) atoms. The summed E-state index contributed by atoms with van der Waals surface area (Å²) in [5.74, 6) is 0.0789. The summed E-state index contributed by atoms with van der Waals surface area (Å²) >= 11 is 0. The monoisotopic (exact) mass is 350 g/mol. The van der Waals surface area contributed by atoms with Gasteiger partial charge in [-0.3, -0.25) is 4.68 Å². The number of sulfone groups is 1. The molecule has 0 amide bonds. The lowest BCUT2D eigenvalue weighted by Gasteiger charge is -2.21. The highest BCUT2D eigenvalue weighted by atomic mass is 32.2. The molecule has 0 atom stereocenters. The summed E-state index contributed by atoms with van der Waals surface area (Å²) in [7, 11) is -3.47. The van der Waals surface area contributed by atoms with Gasteiger partial charge in [-0.05, 0) is 60.6 Å². The zero-order valence-corrected chi connectivity index (χ0v) is 16.2. The summed E-state index contributed by atoms with van der Waals surface area (Å²) in [5, 5.41) is 15.0. The van der Waals surface area contributed by atoms with E-state index in [0.29, 0.717) is 17.0 Å². The van der Waals surface area contributed by atoms with Gasteiger partial charge in [0.2, 0.25) is 0 Å². The van der Waals surface area contributed by atoms with Crippen LogP contribution in [0.25, 0.3) is 11.3 Å². The van der Waals surface area contributed by atoms with Crippen LogP contribution in [0.4, 0.5) is 0 Å². The van der Waals surface area contributed by atoms with Crippen molar-refractivity contribution in [2.75, 3.05) is 0 Å². The van der Waals surface area contributed by atoms with Crippen LogP contribution in [-0.4, -0.2) is 28.1 Å². The van der Waals surface area contributed by atoms with E-state index >= 15 is 0 Å². The zero-order chi connectivity index (χ0) is 18.5. The molecule has 0 saturated carbocycles. The highest BCUT2D eigenvalue weighted by Crippen LogP contribution is 2.35. The van der Waals surface area contributed by atoms with Crippen LogP contribution in [0.1, 0.15) is 47.2 Å². The minimum atomic E-state index is -3.47. The maximum absolute atomic E-state index is 12.7. The second-order valence-electron chi connectivity index (χ2n) is 8.01. The number of aromatic nitrogens is 2. The normalized spacial score (nSPS) is 13.3. The lowest BCUT2D eigenvalue weighted by molar-refractivity contribution is 0.345. The summed E-state index contributed by atoms with van der Waals surface area (Å²) in [6, 6.07) is 6.60. The molecule has 2 rings (SSSR count). The fourth-order valence-electron chi connectivity index (χ4n) is 2.51. The van der Waals surface area contributed by atoms with Crippen molar-refractivity contribution in [2.24, 2.45) is 0 Å². The molecule has 0 aliphatic heterocycles. The van der Waals surface area contributed by atoms with E-state index in [1.165, 1.54) is 0 Å². The third kappa shape index (κ3) is 3.07. The Bertz CT molecular complexity index is 867. The molecule has 6 heteroatoms. The Balaban J connectivity index is 2.64. The van der Waals surface area contributed by atoms with E-state index < -0.39 is 14.6 Å². The lowest BCUT2D eigenvalue weighted by Crippen LogP contribution is -2.27. The quantitative estimate of drug-likeness (QED) is 0.892. The summed E-state index contributed by atoms with van der Waals surface area (Å²) in [5.41, 5.74) is 1.36. The van der Waals surface area contributed by atoms with Crippen molar-refractivity contribution >= 4 is 9.84 Å². The molecule has 0 unspecified atom stereocenters. The molecule has 5 nitrogen and oxygen atoms in total. The number of hydrogen-bond acceptors (Lipinski definition) is 4. The van der Waals surface area contributed by atoms with E-state index in [1.807, 2.05) is 20.8 Å². The van der Waals surface area contributed by atoms with Crippen molar-refractivity contribution in [3.63, 3.8) is 0 Å². The molecule has 2 aromatic rings. The molecule has 0 radical (unpaired) electrons. The maximum Gasteiger partial charge on any atom is 0.183 e. The van der Waals surface area contributed by atoms with Crippen LogP contribution < -0.4 is 0 Å². The summed E-state index contributed by atoms with van der Waals surface area (Å²) in [6.07, 6.45) is 0. The molecule has 1 N–H and O–H groups in total. The molecule has 0 bridgehead atoms. The topological polar surface area (TPSA) is 72.2 Å². The third-order valence-electron chi connectivity index (χ3n) is 3.94. The van der Waals surface area contributed by atoms with E-state index in [9.17, 15) is 13.5 Å². The molecule has 0 saturated heterocycles. The van der Waals surface area contributed by atoms with E-state index in [-0.39, 0.29) is 16.2 Å². The van der Waals surface area contributed by atoms with Gasteiger partial charge < -0.3 is 5.11 Å². The van der Waals surface area contributed by atoms with Gasteiger partial charge >= 0.3 is 0 Å². The van der Waals surface area contributed by atoms with Crippen molar-refractivity contribution in [1.82, 2.24) is 9.78 Å². The molecule has 132 valence electrons. The van der Waals surface area contributed by atoms with E-state index in [0.717, 1.165) is 0 Å². The molecule has 1 aromatic carbocycles. The first-order valence-electron chi connectivity index (χ1n) is 7.91. The van der Waals surface area contributed by atoms with Gasteiger partial charge in [-0.25, -0.2) is 8.42 Å². The minimum absolute atomic E-state index is 0.0789. The van der Waals surface area contributed by atoms with Crippen LogP contribution in [0.15, 0.2) is 29.2 Å². The van der Waals surface area contributed by atoms with Crippen LogP contribution in [0.5, 0.6) is 5.75 Å². The first-order chi connectivity index (χ1) is 10.8. The fraction of sp³-hybridized carbons (Fsp3) is 0.500. The Kier molecular flexibility index (Phi) is 4.34. The van der Waals surface area contributed by atoms with Gasteiger partial charge in [0.05, 0.1) is 20.9 Å². The smallest absolute Gasteiger partial charge is 0.183 e. The molecule has 1 heterocycles. The van der Waals surface area contributed by atoms with Gasteiger partial charge in [0.1, 0.15) is 5.69 Å². The van der Waals surface area contributed by atoms with Crippen LogP contribution in [0.3, 0.4) is 0 Å². The number of benzene rings is 1. The predicted octanol–water partition coefficient (Wildman–Crippen LogP) is 3.89. The number of nitrogens with zero attached hydrogens (tertiary/aromatic N) is 2. The van der Waals surface area contributed by atoms with Crippen LogP contribution in [-0.2, 0) is 15.4 Å². The maximum atomic E-state index is 12.7. The molecule has 0 aliphatic rings. The van der Waals surface area contributed by atoms with Crippen molar-refractivity contribution < 1.29 is 13.5 Å². The zero-order valence-electron chi connectivity index (χ0n) is 15.4. The first-order valence-corrected chi connectivity index (χ1v) is 9.39. The Morgan fingerprint density at radius 2 is 1.67 bits per heavy atom. The largest absolute Gasteiger partial charge is 0.504 e. The highest BCUT2D eigenvalue weighted by molar-refractivity contribution is 7.92. The fourth-order valence-corrected chi connectivity index (χ4v) is 3.75. The highest BCUT2D eigenvalue weighted by Gasteiger charge is 2.31. The van der Waals surface area contributed by atoms with Crippen molar-refractivity contribution in [2.45, 2.75) is 63.6 Å². The molecule has 1 aromatic heterocycles. The lowest BCUT2D eigenvalue weighted by atomic mass is 10.1. The summed E-state index contributed by atoms with van der Waals surface area (Å²) in [6.45, 7) is 12.8. The number of hydrogen-bond donors (Lipinski definition) is 1. The van der Waals surface area contributed by atoms with Crippen LogP contribution in [0, 0.1) is 6.92 Å². The summed E-state index contributed by atoms with van der Waals surface area (Å²) in [4.78, 5) is 0.231. The molecule has 0 spiro atoms. The van der Waals surface area contributed by atoms with Gasteiger partial charge in [0, 0.05) is 5.56 Å². The van der Waals surface area contributed by atoms with E-state index in [1.54, 1.807) is 56.6 Å². The van der Waals surface area contributed by atoms with Crippen LogP contribution >= 0.6 is 0 Å². The Hall–Kier alpha value is -1.82. The van der Waals surface area contributed by atoms with Gasteiger partial charge in [-0.1, -0.05) is 12.1 Å². The van der Waals surface area contributed by atoms with E-state index in [2.05, 4.69) is 5.10 Å². The number of aromatic hydroxyl groups is 1. The molecule has 0 aliphatic carbocycles. The molecular weight excluding hydrogens is 324 g/mol. The van der Waals surface area contributed by atoms with Gasteiger partial charge in [-0.15, -0.1) is 0 Å². The molecule has 0 fully saturated rings. The minimum Gasteiger partial charge on any atom is -0.504 e. The first kappa shape index (κ1) is 18.5. The third-order valence-corrected chi connectivity index (χ3v) is 6.43. The Morgan fingerprint density at radius 3 is 2.12 bits per heavy atom. The van der Waals surface area contributed by atoms with Gasteiger partial charge in [-0.2, -0.15) is 5.10 Å². The Labute approximate surface area is 144 Å². The van der Waals surface area contributed by atoms with Crippen molar-refractivity contribution in [1.29, 1.82) is 0 Å². The summed E-state index contributed by atoms with van der Waals surface area (Å²) < 4.78 is 26.2. The van der Waals surface area contributed by atoms with Crippen molar-refractivity contribution in [3.05, 3.63) is 30.0 Å². The second-order valence-corrected chi connectivity index (χ2v) is 10.7. The SMILES string of the molecule is Cc1c(O)c(-c2cccc(S(=O)(=O)C(C)(C)C)c2)nn1C(C)(C)C. The standard InChI is InChI=1S/C18H26N2O3S/c1-12-16(21)15(19-20(12)17(2,3)4)13-9-8-10-14(11-13)24(22,23)18(5,6)7/h8-11,21H,1-7H3. The van der Waals surface area contributed by atoms with Gasteiger partial charge in [0.15, 0.2) is 15.6 Å². The van der Waals surface area contributed by atoms with Gasteiger partial charge in [0.25, 0.3) is 0 Å². The molecular formula is C18H26N2O3S.